The minimum absolute atomic E-state index is 0.0859. The molecule has 20 heavy (non-hydrogen) atoms. The van der Waals surface area contributed by atoms with Crippen molar-refractivity contribution in [1.29, 1.82) is 0 Å². The van der Waals surface area contributed by atoms with Crippen LogP contribution in [0.4, 0.5) is 0 Å². The zero-order valence-electron chi connectivity index (χ0n) is 11.0. The average molecular weight is 280 g/mol. The van der Waals surface area contributed by atoms with Crippen LogP contribution in [0.2, 0.25) is 0 Å². The summed E-state index contributed by atoms with van der Waals surface area (Å²) in [6, 6.07) is 3.08. The molecule has 1 aliphatic heterocycles. The molecule has 1 saturated heterocycles. The van der Waals surface area contributed by atoms with E-state index in [0.717, 1.165) is 0 Å². The lowest BCUT2D eigenvalue weighted by molar-refractivity contribution is -0.142. The van der Waals surface area contributed by atoms with Gasteiger partial charge in [-0.3, -0.25) is 14.4 Å². The fourth-order valence-electron chi connectivity index (χ4n) is 2.25. The van der Waals surface area contributed by atoms with Crippen LogP contribution in [0.25, 0.3) is 0 Å². The SMILES string of the molecule is C[C@@H]1CN(C(=O)CNC(=O)c2ccco2)C[C@H]1C(=O)O. The molecule has 2 amide bonds. The molecule has 0 spiro atoms. The smallest absolute Gasteiger partial charge is 0.308 e. The Morgan fingerprint density at radius 1 is 1.45 bits per heavy atom. The fourth-order valence-corrected chi connectivity index (χ4v) is 2.25. The van der Waals surface area contributed by atoms with Crippen LogP contribution in [0.3, 0.4) is 0 Å². The van der Waals surface area contributed by atoms with Crippen LogP contribution in [0, 0.1) is 11.8 Å². The van der Waals surface area contributed by atoms with Crippen molar-refractivity contribution >= 4 is 17.8 Å². The Morgan fingerprint density at radius 2 is 2.20 bits per heavy atom. The number of nitrogens with one attached hydrogen (secondary N) is 1. The summed E-state index contributed by atoms with van der Waals surface area (Å²) in [5.41, 5.74) is 0. The number of amides is 2. The van der Waals surface area contributed by atoms with Gasteiger partial charge in [0.1, 0.15) is 0 Å². The summed E-state index contributed by atoms with van der Waals surface area (Å²) in [5.74, 6) is -2.15. The van der Waals surface area contributed by atoms with E-state index in [1.165, 1.54) is 17.2 Å². The number of likely N-dealkylation sites (tertiary alicyclic amines) is 1. The molecule has 2 atom stereocenters. The molecule has 2 N–H and O–H groups in total. The predicted octanol–water partition coefficient (Wildman–Crippen LogP) is 0.188. The summed E-state index contributed by atoms with van der Waals surface area (Å²) >= 11 is 0. The van der Waals surface area contributed by atoms with Gasteiger partial charge in [0.05, 0.1) is 18.7 Å². The van der Waals surface area contributed by atoms with Gasteiger partial charge in [-0.25, -0.2) is 0 Å². The van der Waals surface area contributed by atoms with Crippen molar-refractivity contribution in [2.75, 3.05) is 19.6 Å². The van der Waals surface area contributed by atoms with E-state index in [4.69, 9.17) is 9.52 Å². The second-order valence-electron chi connectivity index (χ2n) is 4.88. The van der Waals surface area contributed by atoms with Crippen molar-refractivity contribution in [1.82, 2.24) is 10.2 Å². The largest absolute Gasteiger partial charge is 0.481 e. The number of carboxylic acid groups (broad SMARTS) is 1. The van der Waals surface area contributed by atoms with Gasteiger partial charge in [-0.05, 0) is 18.1 Å². The minimum Gasteiger partial charge on any atom is -0.481 e. The lowest BCUT2D eigenvalue weighted by Gasteiger charge is -2.15. The third kappa shape index (κ3) is 2.98. The lowest BCUT2D eigenvalue weighted by Crippen LogP contribution is -2.39. The lowest BCUT2D eigenvalue weighted by atomic mass is 9.99. The van der Waals surface area contributed by atoms with Crippen molar-refractivity contribution in [2.45, 2.75) is 6.92 Å². The molecule has 2 heterocycles. The van der Waals surface area contributed by atoms with Crippen LogP contribution in [-0.2, 0) is 9.59 Å². The molecule has 1 aromatic heterocycles. The molecule has 1 fully saturated rings. The molecule has 0 saturated carbocycles. The monoisotopic (exact) mass is 280 g/mol. The molecule has 7 heteroatoms. The van der Waals surface area contributed by atoms with Crippen molar-refractivity contribution in [2.24, 2.45) is 11.8 Å². The zero-order valence-corrected chi connectivity index (χ0v) is 11.0. The van der Waals surface area contributed by atoms with E-state index < -0.39 is 17.8 Å². The van der Waals surface area contributed by atoms with Crippen LogP contribution >= 0.6 is 0 Å². The average Bonchev–Trinajstić information content (AvgIpc) is 3.04. The first-order valence-corrected chi connectivity index (χ1v) is 6.31. The number of carboxylic acids is 1. The Bertz CT molecular complexity index is 511. The number of hydrogen-bond acceptors (Lipinski definition) is 4. The first-order chi connectivity index (χ1) is 9.49. The van der Waals surface area contributed by atoms with Crippen LogP contribution in [-0.4, -0.2) is 47.4 Å². The highest BCUT2D eigenvalue weighted by Crippen LogP contribution is 2.22. The topological polar surface area (TPSA) is 99.9 Å². The van der Waals surface area contributed by atoms with E-state index in [2.05, 4.69) is 5.32 Å². The van der Waals surface area contributed by atoms with Crippen molar-refractivity contribution in [3.63, 3.8) is 0 Å². The maximum atomic E-state index is 11.9. The number of carbonyl (C=O) groups is 3. The van der Waals surface area contributed by atoms with Crippen molar-refractivity contribution in [3.05, 3.63) is 24.2 Å². The normalized spacial score (nSPS) is 21.8. The van der Waals surface area contributed by atoms with E-state index in [0.29, 0.717) is 6.54 Å². The van der Waals surface area contributed by atoms with Gasteiger partial charge in [-0.15, -0.1) is 0 Å². The summed E-state index contributed by atoms with van der Waals surface area (Å²) in [6.07, 6.45) is 1.37. The zero-order chi connectivity index (χ0) is 14.7. The molecule has 1 aliphatic rings. The standard InChI is InChI=1S/C13H16N2O5/c1-8-6-15(7-9(8)13(18)19)11(16)5-14-12(17)10-3-2-4-20-10/h2-4,8-9H,5-7H2,1H3,(H,14,17)(H,18,19)/t8-,9-/m1/s1. The molecule has 0 radical (unpaired) electrons. The van der Waals surface area contributed by atoms with Crippen LogP contribution in [0.5, 0.6) is 0 Å². The maximum absolute atomic E-state index is 11.9. The first kappa shape index (κ1) is 14.1. The molecule has 2 rings (SSSR count). The van der Waals surface area contributed by atoms with E-state index in [1.807, 2.05) is 0 Å². The van der Waals surface area contributed by atoms with Crippen molar-refractivity contribution < 1.29 is 23.9 Å². The number of hydrogen-bond donors (Lipinski definition) is 2. The number of rotatable bonds is 4. The third-order valence-electron chi connectivity index (χ3n) is 3.43. The van der Waals surface area contributed by atoms with E-state index >= 15 is 0 Å². The summed E-state index contributed by atoms with van der Waals surface area (Å²) < 4.78 is 4.90. The fraction of sp³-hybridized carbons (Fsp3) is 0.462. The van der Waals surface area contributed by atoms with Gasteiger partial charge in [0.2, 0.25) is 5.91 Å². The highest BCUT2D eigenvalue weighted by molar-refractivity contribution is 5.94. The summed E-state index contributed by atoms with van der Waals surface area (Å²) in [7, 11) is 0. The summed E-state index contributed by atoms with van der Waals surface area (Å²) in [4.78, 5) is 36.0. The molecule has 0 bridgehead atoms. The van der Waals surface area contributed by atoms with Gasteiger partial charge in [-0.1, -0.05) is 6.92 Å². The Morgan fingerprint density at radius 3 is 2.75 bits per heavy atom. The van der Waals surface area contributed by atoms with Crippen molar-refractivity contribution in [3.8, 4) is 0 Å². The van der Waals surface area contributed by atoms with Crippen LogP contribution in [0.1, 0.15) is 17.5 Å². The second-order valence-corrected chi connectivity index (χ2v) is 4.88. The summed E-state index contributed by atoms with van der Waals surface area (Å²) in [6.45, 7) is 2.21. The Labute approximate surface area is 115 Å². The van der Waals surface area contributed by atoms with E-state index in [-0.39, 0.29) is 30.7 Å². The maximum Gasteiger partial charge on any atom is 0.308 e. The Kier molecular flexibility index (Phi) is 4.07. The number of furan rings is 1. The van der Waals surface area contributed by atoms with Crippen LogP contribution in [0.15, 0.2) is 22.8 Å². The molecule has 7 nitrogen and oxygen atoms in total. The molecular formula is C13H16N2O5. The van der Waals surface area contributed by atoms with Gasteiger partial charge in [0.15, 0.2) is 5.76 Å². The summed E-state index contributed by atoms with van der Waals surface area (Å²) in [5, 5.41) is 11.5. The predicted molar refractivity (Wildman–Crippen MR) is 67.9 cm³/mol. The first-order valence-electron chi connectivity index (χ1n) is 6.31. The molecule has 108 valence electrons. The Balaban J connectivity index is 1.84. The van der Waals surface area contributed by atoms with Crippen LogP contribution < -0.4 is 5.32 Å². The molecule has 0 aliphatic carbocycles. The highest BCUT2D eigenvalue weighted by Gasteiger charge is 2.36. The molecular weight excluding hydrogens is 264 g/mol. The minimum atomic E-state index is -0.896. The number of aliphatic carboxylic acids is 1. The van der Waals surface area contributed by atoms with Gasteiger partial charge in [-0.2, -0.15) is 0 Å². The van der Waals surface area contributed by atoms with Gasteiger partial charge in [0, 0.05) is 13.1 Å². The van der Waals surface area contributed by atoms with E-state index in [1.54, 1.807) is 13.0 Å². The number of nitrogens with zero attached hydrogens (tertiary/aromatic N) is 1. The molecule has 0 unspecified atom stereocenters. The van der Waals surface area contributed by atoms with Gasteiger partial charge >= 0.3 is 5.97 Å². The second kappa shape index (κ2) is 5.77. The van der Waals surface area contributed by atoms with E-state index in [9.17, 15) is 14.4 Å². The molecule has 0 aromatic carbocycles. The number of carbonyl (C=O) groups excluding carboxylic acids is 2. The quantitative estimate of drug-likeness (QED) is 0.820. The van der Waals surface area contributed by atoms with Gasteiger partial charge < -0.3 is 19.7 Å². The van der Waals surface area contributed by atoms with Gasteiger partial charge in [0.25, 0.3) is 5.91 Å². The third-order valence-corrected chi connectivity index (χ3v) is 3.43. The molecule has 1 aromatic rings. The highest BCUT2D eigenvalue weighted by atomic mass is 16.4. The Hall–Kier alpha value is -2.31.